The first-order valence-electron chi connectivity index (χ1n) is 6.01. The van der Waals surface area contributed by atoms with E-state index in [-0.39, 0.29) is 0 Å². The van der Waals surface area contributed by atoms with Crippen LogP contribution in [0.2, 0.25) is 0 Å². The standard InChI is InChI=1S/C14H16NO3/c1-3-17-13-10-9-11-7-5-6-8-12(11)15(13)14(16)18-4-2/h5-10H,3-4H2,1-2H3/q+1. The van der Waals surface area contributed by atoms with Gasteiger partial charge in [0.2, 0.25) is 5.52 Å². The van der Waals surface area contributed by atoms with Crippen molar-refractivity contribution in [3.05, 3.63) is 36.4 Å². The minimum atomic E-state index is -0.419. The quantitative estimate of drug-likeness (QED) is 0.781. The van der Waals surface area contributed by atoms with E-state index in [1.165, 1.54) is 4.57 Å². The molecule has 18 heavy (non-hydrogen) atoms. The van der Waals surface area contributed by atoms with E-state index in [2.05, 4.69) is 0 Å². The molecule has 0 atom stereocenters. The lowest BCUT2D eigenvalue weighted by Gasteiger charge is -2.04. The molecular weight excluding hydrogens is 230 g/mol. The molecule has 2 rings (SSSR count). The molecule has 0 saturated heterocycles. The second kappa shape index (κ2) is 5.49. The predicted octanol–water partition coefficient (Wildman–Crippen LogP) is 2.53. The number of carbonyl (C=O) groups is 1. The van der Waals surface area contributed by atoms with Gasteiger partial charge in [0.15, 0.2) is 0 Å². The molecule has 0 N–H and O–H groups in total. The average molecular weight is 246 g/mol. The monoisotopic (exact) mass is 246 g/mol. The highest BCUT2D eigenvalue weighted by atomic mass is 16.6. The molecule has 0 spiro atoms. The Labute approximate surface area is 106 Å². The number of ether oxygens (including phenoxy) is 2. The predicted molar refractivity (Wildman–Crippen MR) is 67.7 cm³/mol. The third-order valence-corrected chi connectivity index (χ3v) is 2.55. The van der Waals surface area contributed by atoms with Gasteiger partial charge in [-0.2, -0.15) is 4.79 Å². The van der Waals surface area contributed by atoms with Crippen molar-refractivity contribution in [1.29, 1.82) is 0 Å². The zero-order chi connectivity index (χ0) is 13.0. The zero-order valence-electron chi connectivity index (χ0n) is 10.6. The summed E-state index contributed by atoms with van der Waals surface area (Å²) in [5, 5.41) is 0.967. The van der Waals surface area contributed by atoms with E-state index < -0.39 is 6.09 Å². The fourth-order valence-electron chi connectivity index (χ4n) is 1.82. The van der Waals surface area contributed by atoms with E-state index in [0.717, 1.165) is 10.9 Å². The minimum absolute atomic E-state index is 0.334. The number of benzene rings is 1. The number of carbonyl (C=O) groups excluding carboxylic acids is 1. The van der Waals surface area contributed by atoms with E-state index in [0.29, 0.717) is 19.1 Å². The van der Waals surface area contributed by atoms with E-state index in [1.807, 2.05) is 37.3 Å². The molecule has 94 valence electrons. The number of aromatic nitrogens is 1. The van der Waals surface area contributed by atoms with Gasteiger partial charge in [0, 0.05) is 11.5 Å². The van der Waals surface area contributed by atoms with Gasteiger partial charge in [-0.15, -0.1) is 0 Å². The summed E-state index contributed by atoms with van der Waals surface area (Å²) in [6, 6.07) is 11.3. The number of pyridine rings is 1. The van der Waals surface area contributed by atoms with Crippen molar-refractivity contribution in [3.8, 4) is 5.88 Å². The largest absolute Gasteiger partial charge is 0.605 e. The summed E-state index contributed by atoms with van der Waals surface area (Å²) in [4.78, 5) is 12.0. The van der Waals surface area contributed by atoms with Crippen LogP contribution in [-0.2, 0) is 4.74 Å². The molecule has 4 heteroatoms. The second-order valence-corrected chi connectivity index (χ2v) is 3.70. The van der Waals surface area contributed by atoms with Crippen molar-refractivity contribution < 1.29 is 18.8 Å². The fraction of sp³-hybridized carbons (Fsp3) is 0.286. The van der Waals surface area contributed by atoms with E-state index in [1.54, 1.807) is 13.0 Å². The molecule has 0 aliphatic heterocycles. The summed E-state index contributed by atoms with van der Waals surface area (Å²) in [6.07, 6.45) is -0.419. The first-order valence-corrected chi connectivity index (χ1v) is 6.01. The number of para-hydroxylation sites is 1. The van der Waals surface area contributed by atoms with Gasteiger partial charge >= 0.3 is 12.0 Å². The third kappa shape index (κ3) is 2.27. The van der Waals surface area contributed by atoms with Crippen LogP contribution in [0, 0.1) is 0 Å². The molecule has 0 unspecified atom stereocenters. The van der Waals surface area contributed by atoms with Crippen LogP contribution in [0.1, 0.15) is 13.8 Å². The molecule has 0 aliphatic rings. The van der Waals surface area contributed by atoms with E-state index >= 15 is 0 Å². The van der Waals surface area contributed by atoms with Crippen LogP contribution < -0.4 is 9.30 Å². The first-order chi connectivity index (χ1) is 8.77. The third-order valence-electron chi connectivity index (χ3n) is 2.55. The maximum Gasteiger partial charge on any atom is 0.605 e. The van der Waals surface area contributed by atoms with Crippen LogP contribution in [-0.4, -0.2) is 19.3 Å². The first kappa shape index (κ1) is 12.4. The number of hydrogen-bond donors (Lipinski definition) is 0. The van der Waals surface area contributed by atoms with E-state index in [9.17, 15) is 4.79 Å². The molecule has 0 saturated carbocycles. The van der Waals surface area contributed by atoms with E-state index in [4.69, 9.17) is 9.47 Å². The van der Waals surface area contributed by atoms with Crippen LogP contribution in [0.25, 0.3) is 10.9 Å². The minimum Gasteiger partial charge on any atom is -0.444 e. The number of rotatable bonds is 3. The van der Waals surface area contributed by atoms with Crippen molar-refractivity contribution in [1.82, 2.24) is 0 Å². The Morgan fingerprint density at radius 2 is 1.89 bits per heavy atom. The van der Waals surface area contributed by atoms with Crippen LogP contribution in [0.3, 0.4) is 0 Å². The highest BCUT2D eigenvalue weighted by Crippen LogP contribution is 2.14. The summed E-state index contributed by atoms with van der Waals surface area (Å²) in [5.74, 6) is 0.495. The van der Waals surface area contributed by atoms with Crippen molar-refractivity contribution in [3.63, 3.8) is 0 Å². The molecule has 1 aromatic heterocycles. The van der Waals surface area contributed by atoms with Gasteiger partial charge in [-0.25, -0.2) is 0 Å². The smallest absolute Gasteiger partial charge is 0.444 e. The molecule has 4 nitrogen and oxygen atoms in total. The van der Waals surface area contributed by atoms with Gasteiger partial charge in [-0.05, 0) is 30.5 Å². The Morgan fingerprint density at radius 3 is 2.61 bits per heavy atom. The van der Waals surface area contributed by atoms with Crippen LogP contribution in [0.5, 0.6) is 5.88 Å². The van der Waals surface area contributed by atoms with Crippen LogP contribution >= 0.6 is 0 Å². The number of nitrogens with zero attached hydrogens (tertiary/aromatic N) is 1. The molecule has 0 radical (unpaired) electrons. The van der Waals surface area contributed by atoms with Gasteiger partial charge in [0.1, 0.15) is 0 Å². The Morgan fingerprint density at radius 1 is 1.11 bits per heavy atom. The van der Waals surface area contributed by atoms with Crippen molar-refractivity contribution in [2.45, 2.75) is 13.8 Å². The Bertz CT molecular complexity index is 566. The van der Waals surface area contributed by atoms with Crippen LogP contribution in [0.4, 0.5) is 4.79 Å². The van der Waals surface area contributed by atoms with Gasteiger partial charge in [0.05, 0.1) is 19.3 Å². The van der Waals surface area contributed by atoms with Gasteiger partial charge in [0.25, 0.3) is 0 Å². The maximum absolute atomic E-state index is 12.0. The zero-order valence-corrected chi connectivity index (χ0v) is 10.6. The highest BCUT2D eigenvalue weighted by molar-refractivity contribution is 5.79. The van der Waals surface area contributed by atoms with Gasteiger partial charge in [-0.1, -0.05) is 12.1 Å². The molecule has 0 bridgehead atoms. The lowest BCUT2D eigenvalue weighted by molar-refractivity contribution is -0.566. The topological polar surface area (TPSA) is 39.4 Å². The summed E-state index contributed by atoms with van der Waals surface area (Å²) >= 11 is 0. The number of fused-ring (bicyclic) bond motifs is 1. The Hall–Kier alpha value is -2.10. The maximum atomic E-state index is 12.0. The van der Waals surface area contributed by atoms with Gasteiger partial charge < -0.3 is 9.47 Å². The molecule has 1 heterocycles. The summed E-state index contributed by atoms with van der Waals surface area (Å²) in [6.45, 7) is 4.49. The fourth-order valence-corrected chi connectivity index (χ4v) is 1.82. The molecule has 0 fully saturated rings. The normalized spacial score (nSPS) is 10.3. The second-order valence-electron chi connectivity index (χ2n) is 3.70. The van der Waals surface area contributed by atoms with Crippen molar-refractivity contribution in [2.24, 2.45) is 0 Å². The average Bonchev–Trinajstić information content (AvgIpc) is 2.39. The molecule has 1 aromatic carbocycles. The van der Waals surface area contributed by atoms with Gasteiger partial charge in [-0.3, -0.25) is 0 Å². The summed E-state index contributed by atoms with van der Waals surface area (Å²) in [7, 11) is 0. The number of hydrogen-bond acceptors (Lipinski definition) is 3. The summed E-state index contributed by atoms with van der Waals surface area (Å²) in [5.41, 5.74) is 0.780. The summed E-state index contributed by atoms with van der Waals surface area (Å²) < 4.78 is 12.0. The molecular formula is C14H16NO3+. The lowest BCUT2D eigenvalue weighted by atomic mass is 10.2. The molecule has 2 aromatic rings. The lowest BCUT2D eigenvalue weighted by Crippen LogP contribution is -2.45. The Balaban J connectivity index is 2.62. The highest BCUT2D eigenvalue weighted by Gasteiger charge is 2.26. The van der Waals surface area contributed by atoms with Crippen molar-refractivity contribution in [2.75, 3.05) is 13.2 Å². The molecule has 0 amide bonds. The van der Waals surface area contributed by atoms with Crippen molar-refractivity contribution >= 4 is 17.0 Å². The SMILES string of the molecule is CCOC(=O)[n+]1c(OCC)ccc2ccccc21. The van der Waals surface area contributed by atoms with Crippen LogP contribution in [0.15, 0.2) is 36.4 Å². The molecule has 0 aliphatic carbocycles. The Kier molecular flexibility index (Phi) is 3.77.